The molecule has 1 aliphatic carbocycles. The highest BCUT2D eigenvalue weighted by atomic mass is 35.5. The Morgan fingerprint density at radius 3 is 2.45 bits per heavy atom. The largest absolute Gasteiger partial charge is 0.310 e. The van der Waals surface area contributed by atoms with Crippen LogP contribution in [0, 0.1) is 12.8 Å². The fourth-order valence-electron chi connectivity index (χ4n) is 5.31. The minimum atomic E-state index is -3.62. The number of hydrogen-bond donors (Lipinski definition) is 1. The van der Waals surface area contributed by atoms with Crippen LogP contribution in [0.4, 0.5) is 5.82 Å². The van der Waals surface area contributed by atoms with Crippen molar-refractivity contribution < 1.29 is 13.2 Å². The Labute approximate surface area is 230 Å². The van der Waals surface area contributed by atoms with Gasteiger partial charge in [-0.3, -0.25) is 4.79 Å². The lowest BCUT2D eigenvalue weighted by molar-refractivity contribution is -0.120. The average molecular weight is 570 g/mol. The zero-order chi connectivity index (χ0) is 26.4. The Balaban J connectivity index is 1.16. The van der Waals surface area contributed by atoms with E-state index in [9.17, 15) is 13.2 Å². The maximum absolute atomic E-state index is 13.2. The molecule has 198 valence electrons. The van der Waals surface area contributed by atoms with Crippen LogP contribution in [0.1, 0.15) is 42.5 Å². The molecule has 2 aromatic heterocycles. The van der Waals surface area contributed by atoms with E-state index >= 15 is 0 Å². The summed E-state index contributed by atoms with van der Waals surface area (Å²) in [6.07, 6.45) is 5.54. The second kappa shape index (κ2) is 10.1. The minimum Gasteiger partial charge on any atom is -0.310 e. The van der Waals surface area contributed by atoms with E-state index in [0.717, 1.165) is 33.9 Å². The number of nitrogens with one attached hydrogen (secondary N) is 1. The molecule has 8 nitrogen and oxygen atoms in total. The normalized spacial score (nSPS) is 17.0. The zero-order valence-electron chi connectivity index (χ0n) is 21.0. The second-order valence-electron chi connectivity index (χ2n) is 10.00. The number of benzene rings is 2. The number of nitrogens with zero attached hydrogens (tertiary/aromatic N) is 4. The van der Waals surface area contributed by atoms with E-state index in [0.29, 0.717) is 23.7 Å². The number of aromatic nitrogens is 3. The van der Waals surface area contributed by atoms with Crippen LogP contribution in [-0.4, -0.2) is 46.5 Å². The van der Waals surface area contributed by atoms with Crippen molar-refractivity contribution in [3.63, 3.8) is 0 Å². The Kier molecular flexibility index (Phi) is 6.75. The van der Waals surface area contributed by atoms with Crippen LogP contribution in [0.5, 0.6) is 0 Å². The number of hydrogen-bond acceptors (Lipinski definition) is 6. The van der Waals surface area contributed by atoms with Crippen molar-refractivity contribution in [1.29, 1.82) is 0 Å². The average Bonchev–Trinajstić information content (AvgIpc) is 3.49. The molecule has 1 aliphatic heterocycles. The van der Waals surface area contributed by atoms with Gasteiger partial charge in [0.15, 0.2) is 0 Å². The van der Waals surface area contributed by atoms with Gasteiger partial charge in [0.1, 0.15) is 5.82 Å². The van der Waals surface area contributed by atoms with Gasteiger partial charge in [-0.1, -0.05) is 22.9 Å². The molecular weight excluding hydrogens is 542 g/mol. The number of fused-ring (bicyclic) bond motifs is 2. The minimum absolute atomic E-state index is 0.133. The van der Waals surface area contributed by atoms with Crippen molar-refractivity contribution in [2.75, 3.05) is 18.4 Å². The summed E-state index contributed by atoms with van der Waals surface area (Å²) in [4.78, 5) is 18.3. The second-order valence-corrected chi connectivity index (χ2v) is 13.4. The topological polar surface area (TPSA) is 97.2 Å². The van der Waals surface area contributed by atoms with E-state index in [-0.39, 0.29) is 29.8 Å². The number of piperidine rings is 1. The van der Waals surface area contributed by atoms with Crippen LogP contribution in [0.3, 0.4) is 0 Å². The van der Waals surface area contributed by atoms with Crippen LogP contribution in [0.2, 0.25) is 5.02 Å². The summed E-state index contributed by atoms with van der Waals surface area (Å²) < 4.78 is 30.3. The van der Waals surface area contributed by atoms with Crippen molar-refractivity contribution in [2.24, 2.45) is 5.92 Å². The highest BCUT2D eigenvalue weighted by Crippen LogP contribution is 2.33. The fourth-order valence-corrected chi connectivity index (χ4v) is 7.88. The number of thiazole rings is 1. The van der Waals surface area contributed by atoms with Crippen LogP contribution in [-0.2, 0) is 27.7 Å². The summed E-state index contributed by atoms with van der Waals surface area (Å²) in [5.41, 5.74) is 4.54. The molecule has 1 saturated heterocycles. The zero-order valence-corrected chi connectivity index (χ0v) is 23.4. The maximum atomic E-state index is 13.2. The molecule has 1 amide bonds. The summed E-state index contributed by atoms with van der Waals surface area (Å²) in [6.45, 7) is 2.45. The number of anilines is 1. The monoisotopic (exact) mass is 569 g/mol. The first-order chi connectivity index (χ1) is 18.3. The SMILES string of the molecule is Cc1cc(NC(=O)C2CCN(S(=O)(=O)c3ccc(Cl)cc3)CC2)n(-c2nc3cc4c(cc3s2)CCCC4)n1. The molecule has 0 bridgehead atoms. The van der Waals surface area contributed by atoms with Crippen molar-refractivity contribution in [1.82, 2.24) is 19.1 Å². The predicted molar refractivity (Wildman–Crippen MR) is 150 cm³/mol. The summed E-state index contributed by atoms with van der Waals surface area (Å²) in [7, 11) is -3.62. The van der Waals surface area contributed by atoms with E-state index < -0.39 is 10.0 Å². The Morgan fingerprint density at radius 2 is 1.74 bits per heavy atom. The lowest BCUT2D eigenvalue weighted by Crippen LogP contribution is -2.41. The standard InChI is InChI=1S/C27H28ClN5O3S2/c1-17-14-25(33(31-17)27-29-23-15-19-4-2-3-5-20(19)16-24(23)37-27)30-26(34)18-10-12-32(13-11-18)38(35,36)22-8-6-21(28)7-9-22/h6-9,14-16,18H,2-5,10-13H2,1H3,(H,30,34). The van der Waals surface area contributed by atoms with Gasteiger partial charge in [0.25, 0.3) is 0 Å². The van der Waals surface area contributed by atoms with E-state index in [1.165, 1.54) is 40.4 Å². The summed E-state index contributed by atoms with van der Waals surface area (Å²) >= 11 is 7.48. The van der Waals surface area contributed by atoms with Crippen LogP contribution >= 0.6 is 22.9 Å². The van der Waals surface area contributed by atoms with Gasteiger partial charge in [-0.2, -0.15) is 14.1 Å². The molecule has 2 aliphatic rings. The fraction of sp³-hybridized carbons (Fsp3) is 0.370. The van der Waals surface area contributed by atoms with Crippen LogP contribution in [0.25, 0.3) is 15.3 Å². The Bertz CT molecular complexity index is 1580. The number of aryl methyl sites for hydroxylation is 3. The maximum Gasteiger partial charge on any atom is 0.243 e. The molecule has 0 spiro atoms. The van der Waals surface area contributed by atoms with Gasteiger partial charge in [0.05, 0.1) is 20.8 Å². The lowest BCUT2D eigenvalue weighted by Gasteiger charge is -2.30. The first-order valence-corrected chi connectivity index (χ1v) is 15.5. The highest BCUT2D eigenvalue weighted by molar-refractivity contribution is 7.89. The predicted octanol–water partition coefficient (Wildman–Crippen LogP) is 5.36. The third-order valence-electron chi connectivity index (χ3n) is 7.38. The first-order valence-electron chi connectivity index (χ1n) is 12.8. The van der Waals surface area contributed by atoms with Gasteiger partial charge in [0, 0.05) is 30.1 Å². The van der Waals surface area contributed by atoms with Crippen LogP contribution in [0.15, 0.2) is 47.4 Å². The number of amides is 1. The summed E-state index contributed by atoms with van der Waals surface area (Å²) in [5, 5.41) is 8.85. The molecule has 4 aromatic rings. The molecule has 0 radical (unpaired) electrons. The first kappa shape index (κ1) is 25.5. The smallest absolute Gasteiger partial charge is 0.243 e. The molecule has 0 unspecified atom stereocenters. The Morgan fingerprint density at radius 1 is 1.05 bits per heavy atom. The molecular formula is C27H28ClN5O3S2. The molecule has 3 heterocycles. The number of carbonyl (C=O) groups excluding carboxylic acids is 1. The quantitative estimate of drug-likeness (QED) is 0.349. The van der Waals surface area contributed by atoms with E-state index in [1.807, 2.05) is 13.0 Å². The van der Waals surface area contributed by atoms with Gasteiger partial charge >= 0.3 is 0 Å². The van der Waals surface area contributed by atoms with Crippen molar-refractivity contribution in [2.45, 2.75) is 50.3 Å². The van der Waals surface area contributed by atoms with E-state index in [4.69, 9.17) is 16.6 Å². The molecule has 1 fully saturated rings. The number of halogens is 1. The van der Waals surface area contributed by atoms with Gasteiger partial charge < -0.3 is 5.32 Å². The number of rotatable bonds is 5. The molecule has 6 rings (SSSR count). The molecule has 1 N–H and O–H groups in total. The van der Waals surface area contributed by atoms with Crippen molar-refractivity contribution >= 4 is 54.9 Å². The van der Waals surface area contributed by atoms with Crippen molar-refractivity contribution in [3.8, 4) is 5.13 Å². The summed E-state index contributed by atoms with van der Waals surface area (Å²) in [5.74, 6) is 0.149. The van der Waals surface area contributed by atoms with E-state index in [2.05, 4.69) is 22.5 Å². The van der Waals surface area contributed by atoms with Gasteiger partial charge in [-0.15, -0.1) is 0 Å². The molecule has 0 saturated carbocycles. The van der Waals surface area contributed by atoms with Gasteiger partial charge in [-0.05, 0) is 93.0 Å². The van der Waals surface area contributed by atoms with Gasteiger partial charge in [-0.25, -0.2) is 13.4 Å². The number of carbonyl (C=O) groups is 1. The third kappa shape index (κ3) is 4.86. The molecule has 0 atom stereocenters. The lowest BCUT2D eigenvalue weighted by atomic mass is 9.92. The summed E-state index contributed by atoms with van der Waals surface area (Å²) in [6, 6.07) is 12.5. The third-order valence-corrected chi connectivity index (χ3v) is 10.5. The van der Waals surface area contributed by atoms with Crippen molar-refractivity contribution in [3.05, 3.63) is 64.3 Å². The van der Waals surface area contributed by atoms with E-state index in [1.54, 1.807) is 28.2 Å². The number of sulfonamides is 1. The Hall–Kier alpha value is -2.79. The molecule has 2 aromatic carbocycles. The molecule has 11 heteroatoms. The highest BCUT2D eigenvalue weighted by Gasteiger charge is 2.32. The molecule has 38 heavy (non-hydrogen) atoms. The van der Waals surface area contributed by atoms with Crippen LogP contribution < -0.4 is 5.32 Å². The van der Waals surface area contributed by atoms with Gasteiger partial charge in [0.2, 0.25) is 21.1 Å².